The van der Waals surface area contributed by atoms with Gasteiger partial charge in [-0.15, -0.1) is 11.3 Å². The predicted molar refractivity (Wildman–Crippen MR) is 82.0 cm³/mol. The molecule has 0 spiro atoms. The number of carboxylic acids is 1. The summed E-state index contributed by atoms with van der Waals surface area (Å²) < 4.78 is 6.03. The Morgan fingerprint density at radius 3 is 2.60 bits per heavy atom. The summed E-state index contributed by atoms with van der Waals surface area (Å²) in [6.07, 6.45) is 3.37. The van der Waals surface area contributed by atoms with Crippen LogP contribution in [0.1, 0.15) is 67.4 Å². The number of aromatic carboxylic acids is 1. The fourth-order valence-electron chi connectivity index (χ4n) is 2.70. The first kappa shape index (κ1) is 15.4. The van der Waals surface area contributed by atoms with Gasteiger partial charge in [-0.3, -0.25) is 0 Å². The molecule has 0 aliphatic heterocycles. The molecule has 1 saturated carbocycles. The van der Waals surface area contributed by atoms with Gasteiger partial charge in [0.15, 0.2) is 4.88 Å². The lowest BCUT2D eigenvalue weighted by molar-refractivity contribution is 0.0683. The van der Waals surface area contributed by atoms with Crippen molar-refractivity contribution in [2.75, 3.05) is 0 Å². The van der Waals surface area contributed by atoms with E-state index in [1.807, 2.05) is 6.07 Å². The van der Waals surface area contributed by atoms with Gasteiger partial charge < -0.3 is 9.84 Å². The molecule has 4 heteroatoms. The highest BCUT2D eigenvalue weighted by molar-refractivity contribution is 7.14. The maximum atomic E-state index is 11.3. The van der Waals surface area contributed by atoms with Crippen LogP contribution < -0.4 is 4.74 Å². The van der Waals surface area contributed by atoms with Gasteiger partial charge in [-0.05, 0) is 43.1 Å². The van der Waals surface area contributed by atoms with E-state index >= 15 is 0 Å². The third kappa shape index (κ3) is 3.35. The Hall–Kier alpha value is -1.03. The predicted octanol–water partition coefficient (Wildman–Crippen LogP) is 4.77. The molecule has 112 valence electrons. The van der Waals surface area contributed by atoms with E-state index in [4.69, 9.17) is 4.74 Å². The zero-order valence-corrected chi connectivity index (χ0v) is 13.5. The van der Waals surface area contributed by atoms with Gasteiger partial charge in [0.2, 0.25) is 0 Å². The van der Waals surface area contributed by atoms with E-state index in [1.165, 1.54) is 11.3 Å². The van der Waals surface area contributed by atoms with Crippen molar-refractivity contribution in [3.8, 4) is 5.75 Å². The fourth-order valence-corrected chi connectivity index (χ4v) is 3.63. The van der Waals surface area contributed by atoms with E-state index in [2.05, 4.69) is 27.7 Å². The Bertz CT molecular complexity index is 478. The SMILES string of the molecule is CC(C)c1cc(OC2CCC(C)C(C)C2)c(C(=O)O)s1. The third-order valence-corrected chi connectivity index (χ3v) is 5.73. The van der Waals surface area contributed by atoms with Gasteiger partial charge >= 0.3 is 5.97 Å². The van der Waals surface area contributed by atoms with Crippen molar-refractivity contribution < 1.29 is 14.6 Å². The lowest BCUT2D eigenvalue weighted by Gasteiger charge is -2.32. The minimum absolute atomic E-state index is 0.161. The molecule has 1 aromatic heterocycles. The van der Waals surface area contributed by atoms with Crippen molar-refractivity contribution in [1.82, 2.24) is 0 Å². The van der Waals surface area contributed by atoms with Crippen LogP contribution in [0.5, 0.6) is 5.75 Å². The van der Waals surface area contributed by atoms with Crippen LogP contribution in [0.15, 0.2) is 6.07 Å². The van der Waals surface area contributed by atoms with E-state index in [0.29, 0.717) is 22.5 Å². The number of thiophene rings is 1. The Kier molecular flexibility index (Phi) is 4.74. The third-order valence-electron chi connectivity index (χ3n) is 4.32. The summed E-state index contributed by atoms with van der Waals surface area (Å²) in [5.74, 6) is 1.40. The molecule has 1 fully saturated rings. The molecule has 1 aromatic rings. The summed E-state index contributed by atoms with van der Waals surface area (Å²) in [5, 5.41) is 9.31. The van der Waals surface area contributed by atoms with Gasteiger partial charge in [0.25, 0.3) is 0 Å². The van der Waals surface area contributed by atoms with Gasteiger partial charge in [-0.25, -0.2) is 4.79 Å². The zero-order chi connectivity index (χ0) is 14.9. The van der Waals surface area contributed by atoms with Crippen molar-refractivity contribution in [3.05, 3.63) is 15.8 Å². The number of hydrogen-bond donors (Lipinski definition) is 1. The Labute approximate surface area is 125 Å². The van der Waals surface area contributed by atoms with Gasteiger partial charge in [0, 0.05) is 4.88 Å². The highest BCUT2D eigenvalue weighted by Crippen LogP contribution is 2.37. The molecular weight excluding hydrogens is 272 g/mol. The summed E-state index contributed by atoms with van der Waals surface area (Å²) in [4.78, 5) is 12.8. The molecule has 0 bridgehead atoms. The van der Waals surface area contributed by atoms with Crippen LogP contribution >= 0.6 is 11.3 Å². The van der Waals surface area contributed by atoms with Crippen LogP contribution in [-0.2, 0) is 0 Å². The molecule has 0 amide bonds. The summed E-state index contributed by atoms with van der Waals surface area (Å²) >= 11 is 1.34. The molecule has 1 aliphatic carbocycles. The summed E-state index contributed by atoms with van der Waals surface area (Å²) in [7, 11) is 0. The molecule has 20 heavy (non-hydrogen) atoms. The molecule has 3 unspecified atom stereocenters. The first-order chi connectivity index (χ1) is 9.38. The van der Waals surface area contributed by atoms with Gasteiger partial charge in [0.05, 0.1) is 6.10 Å². The van der Waals surface area contributed by atoms with Crippen LogP contribution in [0, 0.1) is 11.8 Å². The maximum Gasteiger partial charge on any atom is 0.349 e. The minimum Gasteiger partial charge on any atom is -0.489 e. The molecule has 1 aliphatic rings. The lowest BCUT2D eigenvalue weighted by Crippen LogP contribution is -2.29. The Balaban J connectivity index is 2.14. The average Bonchev–Trinajstić information content (AvgIpc) is 2.78. The van der Waals surface area contributed by atoms with Gasteiger partial charge in [0.1, 0.15) is 5.75 Å². The van der Waals surface area contributed by atoms with E-state index in [9.17, 15) is 9.90 Å². The zero-order valence-electron chi connectivity index (χ0n) is 12.7. The monoisotopic (exact) mass is 296 g/mol. The second-order valence-electron chi connectivity index (χ2n) is 6.31. The Morgan fingerprint density at radius 1 is 1.35 bits per heavy atom. The fraction of sp³-hybridized carbons (Fsp3) is 0.688. The maximum absolute atomic E-state index is 11.3. The van der Waals surface area contributed by atoms with Crippen LogP contribution in [0.25, 0.3) is 0 Å². The molecule has 0 radical (unpaired) electrons. The molecule has 1 N–H and O–H groups in total. The van der Waals surface area contributed by atoms with Gasteiger partial charge in [-0.1, -0.05) is 27.7 Å². The topological polar surface area (TPSA) is 46.5 Å². The minimum atomic E-state index is -0.880. The van der Waals surface area contributed by atoms with E-state index < -0.39 is 5.97 Å². The van der Waals surface area contributed by atoms with Crippen LogP contribution in [0.3, 0.4) is 0 Å². The smallest absolute Gasteiger partial charge is 0.349 e. The second kappa shape index (κ2) is 6.17. The van der Waals surface area contributed by atoms with Crippen LogP contribution in [0.4, 0.5) is 0 Å². The van der Waals surface area contributed by atoms with Crippen molar-refractivity contribution >= 4 is 17.3 Å². The molecule has 3 nitrogen and oxygen atoms in total. The number of carboxylic acid groups (broad SMARTS) is 1. The largest absolute Gasteiger partial charge is 0.489 e. The highest BCUT2D eigenvalue weighted by atomic mass is 32.1. The summed E-state index contributed by atoms with van der Waals surface area (Å²) in [6.45, 7) is 8.69. The molecule has 3 atom stereocenters. The number of rotatable bonds is 4. The number of hydrogen-bond acceptors (Lipinski definition) is 3. The van der Waals surface area contributed by atoms with Crippen molar-refractivity contribution in [1.29, 1.82) is 0 Å². The van der Waals surface area contributed by atoms with E-state index in [0.717, 1.165) is 30.1 Å². The molecule has 1 heterocycles. The standard InChI is InChI=1S/C16H24O3S/c1-9(2)14-8-13(15(20-14)16(17)18)19-12-6-5-10(3)11(4)7-12/h8-12H,5-7H2,1-4H3,(H,17,18). The van der Waals surface area contributed by atoms with Crippen molar-refractivity contribution in [3.63, 3.8) is 0 Å². The number of ether oxygens (including phenoxy) is 1. The Morgan fingerprint density at radius 2 is 2.05 bits per heavy atom. The molecule has 0 saturated heterocycles. The van der Waals surface area contributed by atoms with Crippen molar-refractivity contribution in [2.45, 2.75) is 59.0 Å². The summed E-state index contributed by atoms with van der Waals surface area (Å²) in [5.41, 5.74) is 0. The normalized spacial score (nSPS) is 26.8. The highest BCUT2D eigenvalue weighted by Gasteiger charge is 2.28. The van der Waals surface area contributed by atoms with Crippen molar-refractivity contribution in [2.24, 2.45) is 11.8 Å². The molecule has 2 rings (SSSR count). The molecular formula is C16H24O3S. The average molecular weight is 296 g/mol. The molecule has 0 aromatic carbocycles. The first-order valence-corrected chi connectivity index (χ1v) is 8.23. The number of carbonyl (C=O) groups is 1. The van der Waals surface area contributed by atoms with E-state index in [-0.39, 0.29) is 6.10 Å². The van der Waals surface area contributed by atoms with E-state index in [1.54, 1.807) is 0 Å². The lowest BCUT2D eigenvalue weighted by atomic mass is 9.80. The summed E-state index contributed by atoms with van der Waals surface area (Å²) in [6, 6.07) is 1.92. The quantitative estimate of drug-likeness (QED) is 0.870. The van der Waals surface area contributed by atoms with Crippen LogP contribution in [0.2, 0.25) is 0 Å². The van der Waals surface area contributed by atoms with Gasteiger partial charge in [-0.2, -0.15) is 0 Å². The van der Waals surface area contributed by atoms with Crippen LogP contribution in [-0.4, -0.2) is 17.2 Å². The second-order valence-corrected chi connectivity index (χ2v) is 7.39. The first-order valence-electron chi connectivity index (χ1n) is 7.42.